The highest BCUT2D eigenvalue weighted by Crippen LogP contribution is 2.28. The van der Waals surface area contributed by atoms with Crippen molar-refractivity contribution in [2.24, 2.45) is 0 Å². The molecule has 0 saturated carbocycles. The minimum atomic E-state index is -0.621. The lowest BCUT2D eigenvalue weighted by molar-refractivity contribution is 0.0896. The van der Waals surface area contributed by atoms with E-state index in [-0.39, 0.29) is 33.8 Å². The third-order valence-electron chi connectivity index (χ3n) is 6.14. The van der Waals surface area contributed by atoms with Gasteiger partial charge in [-0.1, -0.05) is 60.7 Å². The highest BCUT2D eigenvalue weighted by atomic mass is 16.2. The molecule has 184 valence electrons. The molecule has 38 heavy (non-hydrogen) atoms. The average Bonchev–Trinajstić information content (AvgIpc) is 3.32. The highest BCUT2D eigenvalue weighted by molar-refractivity contribution is 6.26. The molecule has 6 rings (SSSR count). The average molecular weight is 501 g/mol. The van der Waals surface area contributed by atoms with Crippen LogP contribution in [0.25, 0.3) is 22.4 Å². The number of nitrogens with two attached hydrogens (primary N) is 1. The topological polar surface area (TPSA) is 116 Å². The van der Waals surface area contributed by atoms with Gasteiger partial charge in [0.1, 0.15) is 5.52 Å². The molecule has 0 atom stereocenters. The number of anilines is 2. The minimum absolute atomic E-state index is 0.0329. The molecule has 2 amide bonds. The molecule has 0 saturated heterocycles. The summed E-state index contributed by atoms with van der Waals surface area (Å²) in [5, 5.41) is 4.55. The molecule has 9 nitrogen and oxygen atoms in total. The van der Waals surface area contributed by atoms with E-state index >= 15 is 0 Å². The van der Waals surface area contributed by atoms with Crippen LogP contribution in [0, 0.1) is 0 Å². The number of nitrogen functional groups attached to an aromatic ring is 1. The van der Waals surface area contributed by atoms with E-state index in [1.54, 1.807) is 103 Å². The van der Waals surface area contributed by atoms with E-state index in [0.29, 0.717) is 11.2 Å². The number of benzene rings is 4. The number of hydrogen-bond donors (Lipinski definition) is 1. The normalized spacial score (nSPS) is 11.1. The molecule has 2 N–H and O–H groups in total. The Kier molecular flexibility index (Phi) is 5.50. The standard InChI is InChI=1S/C29H20N6O3/c30-22-17-10-18-23-24(22)31-25(26-32-35(29(38)33(23)26)21-15-8-3-9-16-21)34(27(36)19-11-4-1-5-12-19)28(37)20-13-6-2-7-14-20/h1-18H,30H2. The van der Waals surface area contributed by atoms with E-state index in [1.165, 1.54) is 9.08 Å². The van der Waals surface area contributed by atoms with Gasteiger partial charge in [0.05, 0.1) is 16.9 Å². The van der Waals surface area contributed by atoms with Gasteiger partial charge in [0.25, 0.3) is 11.8 Å². The fourth-order valence-corrected chi connectivity index (χ4v) is 4.33. The van der Waals surface area contributed by atoms with E-state index < -0.39 is 17.5 Å². The first-order chi connectivity index (χ1) is 18.5. The molecule has 0 unspecified atom stereocenters. The van der Waals surface area contributed by atoms with Crippen molar-refractivity contribution in [2.45, 2.75) is 0 Å². The number of fused-ring (bicyclic) bond motifs is 3. The number of rotatable bonds is 4. The molecule has 6 aromatic rings. The molecule has 0 bridgehead atoms. The first-order valence-electron chi connectivity index (χ1n) is 11.8. The smallest absolute Gasteiger partial charge is 0.355 e. The van der Waals surface area contributed by atoms with Crippen molar-refractivity contribution < 1.29 is 9.59 Å². The molecule has 2 heterocycles. The number of imide groups is 1. The van der Waals surface area contributed by atoms with E-state index in [9.17, 15) is 14.4 Å². The first-order valence-corrected chi connectivity index (χ1v) is 11.8. The predicted octanol–water partition coefficient (Wildman–Crippen LogP) is 4.10. The third kappa shape index (κ3) is 3.70. The van der Waals surface area contributed by atoms with Gasteiger partial charge in [0.2, 0.25) is 5.65 Å². The quantitative estimate of drug-likeness (QED) is 0.288. The molecule has 9 heteroatoms. The summed E-state index contributed by atoms with van der Waals surface area (Å²) in [7, 11) is 0. The second-order valence-electron chi connectivity index (χ2n) is 8.52. The van der Waals surface area contributed by atoms with Crippen LogP contribution >= 0.6 is 0 Å². The van der Waals surface area contributed by atoms with Crippen molar-refractivity contribution in [1.82, 2.24) is 19.2 Å². The van der Waals surface area contributed by atoms with Crippen LogP contribution in [-0.2, 0) is 0 Å². The molecule has 4 aromatic carbocycles. The summed E-state index contributed by atoms with van der Waals surface area (Å²) in [6.07, 6.45) is 0. The molecule has 0 spiro atoms. The zero-order valence-electron chi connectivity index (χ0n) is 19.9. The Labute approximate surface area is 216 Å². The van der Waals surface area contributed by atoms with E-state index in [0.717, 1.165) is 4.90 Å². The van der Waals surface area contributed by atoms with Crippen molar-refractivity contribution in [1.29, 1.82) is 0 Å². The summed E-state index contributed by atoms with van der Waals surface area (Å²) in [6, 6.07) is 30.7. The number of hydrogen-bond acceptors (Lipinski definition) is 6. The fraction of sp³-hybridized carbons (Fsp3) is 0. The van der Waals surface area contributed by atoms with Gasteiger partial charge in [-0.15, -0.1) is 5.10 Å². The zero-order chi connectivity index (χ0) is 26.2. The van der Waals surface area contributed by atoms with Crippen molar-refractivity contribution in [3.63, 3.8) is 0 Å². The van der Waals surface area contributed by atoms with Gasteiger partial charge in [0, 0.05) is 11.1 Å². The van der Waals surface area contributed by atoms with Crippen LogP contribution in [0.1, 0.15) is 20.7 Å². The molecular weight excluding hydrogens is 480 g/mol. The molecule has 0 aliphatic carbocycles. The number of amides is 2. The zero-order valence-corrected chi connectivity index (χ0v) is 19.9. The van der Waals surface area contributed by atoms with Gasteiger partial charge in [0.15, 0.2) is 5.82 Å². The lowest BCUT2D eigenvalue weighted by Gasteiger charge is -2.21. The Bertz CT molecular complexity index is 1830. The lowest BCUT2D eigenvalue weighted by atomic mass is 10.1. The van der Waals surface area contributed by atoms with Crippen LogP contribution in [-0.4, -0.2) is 31.0 Å². The number of carbonyl (C=O) groups is 2. The maximum Gasteiger partial charge on any atom is 0.355 e. The summed E-state index contributed by atoms with van der Waals surface area (Å²) in [5.41, 5.74) is 7.79. The minimum Gasteiger partial charge on any atom is -0.397 e. The molecule has 0 aliphatic rings. The van der Waals surface area contributed by atoms with Gasteiger partial charge in [-0.3, -0.25) is 9.59 Å². The highest BCUT2D eigenvalue weighted by Gasteiger charge is 2.32. The number of carbonyl (C=O) groups excluding carboxylic acids is 2. The Morgan fingerprint density at radius 3 is 1.84 bits per heavy atom. The van der Waals surface area contributed by atoms with E-state index in [1.807, 2.05) is 6.07 Å². The van der Waals surface area contributed by atoms with Crippen molar-refractivity contribution in [3.8, 4) is 5.69 Å². The number of aromatic nitrogens is 4. The van der Waals surface area contributed by atoms with Gasteiger partial charge in [-0.25, -0.2) is 19.1 Å². The molecule has 2 aromatic heterocycles. The van der Waals surface area contributed by atoms with Crippen LogP contribution in [0.4, 0.5) is 11.5 Å². The van der Waals surface area contributed by atoms with Gasteiger partial charge in [-0.05, 0) is 48.5 Å². The molecule has 0 aliphatic heterocycles. The monoisotopic (exact) mass is 500 g/mol. The van der Waals surface area contributed by atoms with Gasteiger partial charge >= 0.3 is 5.69 Å². The molecule has 0 fully saturated rings. The van der Waals surface area contributed by atoms with Crippen LogP contribution in [0.2, 0.25) is 0 Å². The van der Waals surface area contributed by atoms with Crippen molar-refractivity contribution in [2.75, 3.05) is 10.6 Å². The summed E-state index contributed by atoms with van der Waals surface area (Å²) in [5.74, 6) is -1.35. The summed E-state index contributed by atoms with van der Waals surface area (Å²) in [6.45, 7) is 0. The van der Waals surface area contributed by atoms with Crippen LogP contribution in [0.5, 0.6) is 0 Å². The van der Waals surface area contributed by atoms with Gasteiger partial charge < -0.3 is 5.73 Å². The van der Waals surface area contributed by atoms with Crippen LogP contribution < -0.4 is 16.3 Å². The molecular formula is C29H20N6O3. The SMILES string of the molecule is Nc1cccc2c1nc(N(C(=O)c1ccccc1)C(=O)c1ccccc1)c1nn(-c3ccccc3)c(=O)n12. The van der Waals surface area contributed by atoms with Crippen molar-refractivity contribution >= 4 is 40.0 Å². The Morgan fingerprint density at radius 2 is 1.26 bits per heavy atom. The van der Waals surface area contributed by atoms with Crippen molar-refractivity contribution in [3.05, 3.63) is 131 Å². The lowest BCUT2D eigenvalue weighted by Crippen LogP contribution is -2.38. The Morgan fingerprint density at radius 1 is 0.711 bits per heavy atom. The summed E-state index contributed by atoms with van der Waals surface area (Å²) in [4.78, 5) is 47.1. The Hall–Kier alpha value is -5.57. The van der Waals surface area contributed by atoms with Crippen LogP contribution in [0.3, 0.4) is 0 Å². The maximum atomic E-state index is 13.9. The van der Waals surface area contributed by atoms with Gasteiger partial charge in [-0.2, -0.15) is 4.68 Å². The fourth-order valence-electron chi connectivity index (χ4n) is 4.33. The van der Waals surface area contributed by atoms with E-state index in [2.05, 4.69) is 10.1 Å². The summed E-state index contributed by atoms with van der Waals surface area (Å²) < 4.78 is 2.53. The third-order valence-corrected chi connectivity index (χ3v) is 6.14. The van der Waals surface area contributed by atoms with Crippen LogP contribution in [0.15, 0.2) is 114 Å². The molecule has 0 radical (unpaired) electrons. The summed E-state index contributed by atoms with van der Waals surface area (Å²) >= 11 is 0. The maximum absolute atomic E-state index is 13.9. The predicted molar refractivity (Wildman–Crippen MR) is 145 cm³/mol. The van der Waals surface area contributed by atoms with E-state index in [4.69, 9.17) is 5.73 Å². The number of nitrogens with zero attached hydrogens (tertiary/aromatic N) is 5. The largest absolute Gasteiger partial charge is 0.397 e. The second-order valence-corrected chi connectivity index (χ2v) is 8.52. The second kappa shape index (κ2) is 9.14. The Balaban J connectivity index is 1.71. The number of para-hydroxylation sites is 2. The first kappa shape index (κ1) is 22.9.